The van der Waals surface area contributed by atoms with E-state index < -0.39 is 0 Å². The molecule has 106 valence electrons. The molecule has 1 heterocycles. The largest absolute Gasteiger partial charge is 0.396 e. The highest BCUT2D eigenvalue weighted by Gasteiger charge is 2.22. The number of urea groups is 1. The molecule has 2 N–H and O–H groups in total. The molecule has 1 aliphatic heterocycles. The van der Waals surface area contributed by atoms with Crippen molar-refractivity contribution in [3.8, 4) is 0 Å². The molecule has 1 atom stereocenters. The number of hydrogen-bond donors (Lipinski definition) is 2. The summed E-state index contributed by atoms with van der Waals surface area (Å²) in [5, 5.41) is 12.1. The first-order valence-electron chi connectivity index (χ1n) is 7.27. The Morgan fingerprint density at radius 2 is 2.22 bits per heavy atom. The number of nitrogens with one attached hydrogen (secondary N) is 1. The van der Waals surface area contributed by atoms with E-state index in [4.69, 9.17) is 5.11 Å². The zero-order valence-corrected chi connectivity index (χ0v) is 11.8. The van der Waals surface area contributed by atoms with Gasteiger partial charge in [0, 0.05) is 26.2 Å². The van der Waals surface area contributed by atoms with Crippen LogP contribution in [-0.2, 0) is 0 Å². The van der Waals surface area contributed by atoms with Crippen molar-refractivity contribution in [3.63, 3.8) is 0 Å². The van der Waals surface area contributed by atoms with E-state index in [0.717, 1.165) is 38.3 Å². The second-order valence-corrected chi connectivity index (χ2v) is 5.76. The molecule has 0 aromatic heterocycles. The van der Waals surface area contributed by atoms with Gasteiger partial charge in [0.25, 0.3) is 0 Å². The second-order valence-electron chi connectivity index (χ2n) is 5.76. The molecular weight excluding hydrogens is 228 g/mol. The molecule has 1 aliphatic rings. The van der Waals surface area contributed by atoms with Crippen molar-refractivity contribution in [1.29, 1.82) is 0 Å². The molecule has 0 aromatic carbocycles. The Kier molecular flexibility index (Phi) is 7.09. The van der Waals surface area contributed by atoms with E-state index in [9.17, 15) is 4.79 Å². The summed E-state index contributed by atoms with van der Waals surface area (Å²) in [5.74, 6) is 1.01. The van der Waals surface area contributed by atoms with Gasteiger partial charge in [0.15, 0.2) is 0 Å². The lowest BCUT2D eigenvalue weighted by molar-refractivity contribution is 0.129. The van der Waals surface area contributed by atoms with Gasteiger partial charge in [0.1, 0.15) is 0 Å². The Hall–Kier alpha value is -0.770. The fourth-order valence-electron chi connectivity index (χ4n) is 2.38. The van der Waals surface area contributed by atoms with E-state index in [2.05, 4.69) is 19.2 Å². The molecule has 0 radical (unpaired) electrons. The number of carbonyl (C=O) groups is 1. The molecule has 18 heavy (non-hydrogen) atoms. The number of carbonyl (C=O) groups excluding carboxylic acids is 1. The van der Waals surface area contributed by atoms with Gasteiger partial charge in [-0.3, -0.25) is 0 Å². The summed E-state index contributed by atoms with van der Waals surface area (Å²) in [6.45, 7) is 6.94. The Bertz CT molecular complexity index is 244. The zero-order valence-electron chi connectivity index (χ0n) is 11.8. The maximum atomic E-state index is 11.9. The van der Waals surface area contributed by atoms with Crippen LogP contribution in [0.5, 0.6) is 0 Å². The number of likely N-dealkylation sites (tertiary alicyclic amines) is 1. The molecule has 1 fully saturated rings. The summed E-state index contributed by atoms with van der Waals surface area (Å²) in [6, 6.07) is 0.0395. The van der Waals surface area contributed by atoms with Crippen molar-refractivity contribution < 1.29 is 9.90 Å². The molecule has 1 rings (SSSR count). The van der Waals surface area contributed by atoms with Gasteiger partial charge in [-0.05, 0) is 31.1 Å². The fraction of sp³-hybridized carbons (Fsp3) is 0.929. The van der Waals surface area contributed by atoms with Crippen molar-refractivity contribution in [2.24, 2.45) is 11.8 Å². The number of amides is 2. The highest BCUT2D eigenvalue weighted by Crippen LogP contribution is 2.15. The SMILES string of the molecule is CC(C)CCCCNC(=O)N1CCCC(CO)C1. The summed E-state index contributed by atoms with van der Waals surface area (Å²) < 4.78 is 0. The van der Waals surface area contributed by atoms with Gasteiger partial charge in [-0.2, -0.15) is 0 Å². The summed E-state index contributed by atoms with van der Waals surface area (Å²) in [6.07, 6.45) is 5.51. The molecule has 0 saturated carbocycles. The van der Waals surface area contributed by atoms with E-state index >= 15 is 0 Å². The molecule has 1 unspecified atom stereocenters. The molecular formula is C14H28N2O2. The normalized spacial score (nSPS) is 20.2. The Morgan fingerprint density at radius 3 is 2.89 bits per heavy atom. The summed E-state index contributed by atoms with van der Waals surface area (Å²) >= 11 is 0. The number of rotatable bonds is 6. The van der Waals surface area contributed by atoms with Crippen LogP contribution in [-0.4, -0.2) is 42.3 Å². The van der Waals surface area contributed by atoms with Crippen molar-refractivity contribution in [2.45, 2.75) is 46.0 Å². The average Bonchev–Trinajstić information content (AvgIpc) is 2.37. The predicted octanol–water partition coefficient (Wildman–Crippen LogP) is 2.23. The minimum atomic E-state index is 0.0395. The maximum absolute atomic E-state index is 11.9. The quantitative estimate of drug-likeness (QED) is 0.716. The Balaban J connectivity index is 2.12. The summed E-state index contributed by atoms with van der Waals surface area (Å²) in [7, 11) is 0. The lowest BCUT2D eigenvalue weighted by Crippen LogP contribution is -2.46. The minimum absolute atomic E-state index is 0.0395. The minimum Gasteiger partial charge on any atom is -0.396 e. The van der Waals surface area contributed by atoms with E-state index in [1.807, 2.05) is 4.90 Å². The molecule has 4 heteroatoms. The van der Waals surface area contributed by atoms with Gasteiger partial charge in [0.05, 0.1) is 0 Å². The number of unbranched alkanes of at least 4 members (excludes halogenated alkanes) is 1. The third-order valence-corrected chi connectivity index (χ3v) is 3.55. The van der Waals surface area contributed by atoms with Crippen LogP contribution in [0.1, 0.15) is 46.0 Å². The highest BCUT2D eigenvalue weighted by molar-refractivity contribution is 5.74. The molecule has 0 aromatic rings. The Labute approximate surface area is 111 Å². The highest BCUT2D eigenvalue weighted by atomic mass is 16.3. The van der Waals surface area contributed by atoms with Crippen LogP contribution < -0.4 is 5.32 Å². The van der Waals surface area contributed by atoms with Gasteiger partial charge >= 0.3 is 6.03 Å². The number of hydrogen-bond acceptors (Lipinski definition) is 2. The fourth-order valence-corrected chi connectivity index (χ4v) is 2.38. The lowest BCUT2D eigenvalue weighted by atomic mass is 9.99. The number of aliphatic hydroxyl groups excluding tert-OH is 1. The van der Waals surface area contributed by atoms with Crippen LogP contribution in [0.25, 0.3) is 0 Å². The molecule has 0 spiro atoms. The third-order valence-electron chi connectivity index (χ3n) is 3.55. The topological polar surface area (TPSA) is 52.6 Å². The van der Waals surface area contributed by atoms with Crippen LogP contribution in [0.15, 0.2) is 0 Å². The van der Waals surface area contributed by atoms with Crippen LogP contribution >= 0.6 is 0 Å². The molecule has 0 bridgehead atoms. The molecule has 1 saturated heterocycles. The van der Waals surface area contributed by atoms with Crippen LogP contribution in [0, 0.1) is 11.8 Å². The molecule has 2 amide bonds. The molecule has 4 nitrogen and oxygen atoms in total. The van der Waals surface area contributed by atoms with E-state index in [-0.39, 0.29) is 18.6 Å². The monoisotopic (exact) mass is 256 g/mol. The number of aliphatic hydroxyl groups is 1. The summed E-state index contributed by atoms with van der Waals surface area (Å²) in [4.78, 5) is 13.7. The van der Waals surface area contributed by atoms with Crippen molar-refractivity contribution in [2.75, 3.05) is 26.2 Å². The number of nitrogens with zero attached hydrogens (tertiary/aromatic N) is 1. The van der Waals surface area contributed by atoms with Gasteiger partial charge in [0.2, 0.25) is 0 Å². The van der Waals surface area contributed by atoms with Gasteiger partial charge in [-0.25, -0.2) is 4.79 Å². The first-order chi connectivity index (χ1) is 8.63. The van der Waals surface area contributed by atoms with Gasteiger partial charge < -0.3 is 15.3 Å². The zero-order chi connectivity index (χ0) is 13.4. The summed E-state index contributed by atoms with van der Waals surface area (Å²) in [5.41, 5.74) is 0. The Morgan fingerprint density at radius 1 is 1.44 bits per heavy atom. The lowest BCUT2D eigenvalue weighted by Gasteiger charge is -2.31. The van der Waals surface area contributed by atoms with Crippen molar-refractivity contribution in [3.05, 3.63) is 0 Å². The van der Waals surface area contributed by atoms with E-state index in [1.165, 1.54) is 12.8 Å². The van der Waals surface area contributed by atoms with Gasteiger partial charge in [-0.15, -0.1) is 0 Å². The van der Waals surface area contributed by atoms with E-state index in [1.54, 1.807) is 0 Å². The first-order valence-corrected chi connectivity index (χ1v) is 7.27. The van der Waals surface area contributed by atoms with Crippen LogP contribution in [0.4, 0.5) is 4.79 Å². The van der Waals surface area contributed by atoms with Gasteiger partial charge in [-0.1, -0.05) is 26.7 Å². The third kappa shape index (κ3) is 5.71. The van der Waals surface area contributed by atoms with Crippen LogP contribution in [0.3, 0.4) is 0 Å². The van der Waals surface area contributed by atoms with Crippen molar-refractivity contribution in [1.82, 2.24) is 10.2 Å². The van der Waals surface area contributed by atoms with E-state index in [0.29, 0.717) is 6.54 Å². The maximum Gasteiger partial charge on any atom is 0.317 e. The van der Waals surface area contributed by atoms with Crippen molar-refractivity contribution >= 4 is 6.03 Å². The predicted molar refractivity (Wildman–Crippen MR) is 73.5 cm³/mol. The van der Waals surface area contributed by atoms with Crippen LogP contribution in [0.2, 0.25) is 0 Å². The smallest absolute Gasteiger partial charge is 0.317 e. The second kappa shape index (κ2) is 8.35. The molecule has 0 aliphatic carbocycles. The average molecular weight is 256 g/mol. The standard InChI is InChI=1S/C14H28N2O2/c1-12(2)6-3-4-8-15-14(18)16-9-5-7-13(10-16)11-17/h12-13,17H,3-11H2,1-2H3,(H,15,18). The first kappa shape index (κ1) is 15.3. The number of piperidine rings is 1.